The molecule has 112 valence electrons. The van der Waals surface area contributed by atoms with Gasteiger partial charge in [-0.2, -0.15) is 0 Å². The smallest absolute Gasteiger partial charge is 0.241 e. The number of methoxy groups -OCH3 is 1. The maximum Gasteiger partial charge on any atom is 0.241 e. The van der Waals surface area contributed by atoms with E-state index in [0.29, 0.717) is 18.4 Å². The highest BCUT2D eigenvalue weighted by atomic mass is 16.5. The Morgan fingerprint density at radius 2 is 1.95 bits per heavy atom. The Labute approximate surface area is 117 Å². The van der Waals surface area contributed by atoms with Crippen LogP contribution in [0.1, 0.15) is 47.5 Å². The monoisotopic (exact) mass is 270 g/mol. The van der Waals surface area contributed by atoms with E-state index in [1.54, 1.807) is 7.11 Å². The Hall–Kier alpha value is -0.610. The number of amides is 1. The summed E-state index contributed by atoms with van der Waals surface area (Å²) in [6.45, 7) is 11.4. The highest BCUT2D eigenvalue weighted by molar-refractivity contribution is 5.84. The van der Waals surface area contributed by atoms with Gasteiger partial charge in [0.25, 0.3) is 0 Å². The Balaban J connectivity index is 2.78. The Bertz CT molecular complexity index is 294. The van der Waals surface area contributed by atoms with E-state index in [-0.39, 0.29) is 24.2 Å². The summed E-state index contributed by atoms with van der Waals surface area (Å²) in [6.07, 6.45) is 2.25. The van der Waals surface area contributed by atoms with Crippen molar-refractivity contribution < 1.29 is 9.53 Å². The van der Waals surface area contributed by atoms with Crippen LogP contribution in [-0.2, 0) is 9.53 Å². The average molecular weight is 270 g/mol. The van der Waals surface area contributed by atoms with Crippen LogP contribution < -0.4 is 5.32 Å². The van der Waals surface area contributed by atoms with Crippen LogP contribution in [0.2, 0.25) is 0 Å². The lowest BCUT2D eigenvalue weighted by Crippen LogP contribution is -2.42. The van der Waals surface area contributed by atoms with Crippen LogP contribution >= 0.6 is 0 Å². The summed E-state index contributed by atoms with van der Waals surface area (Å²) in [7, 11) is 1.70. The first kappa shape index (κ1) is 16.4. The number of nitrogens with zero attached hydrogens (tertiary/aromatic N) is 1. The van der Waals surface area contributed by atoms with Gasteiger partial charge in [-0.3, -0.25) is 10.1 Å². The number of ether oxygens (including phenoxy) is 1. The van der Waals surface area contributed by atoms with Gasteiger partial charge in [0.15, 0.2) is 0 Å². The van der Waals surface area contributed by atoms with Gasteiger partial charge >= 0.3 is 0 Å². The topological polar surface area (TPSA) is 41.6 Å². The van der Waals surface area contributed by atoms with Gasteiger partial charge in [-0.1, -0.05) is 34.1 Å². The van der Waals surface area contributed by atoms with Gasteiger partial charge in [0.05, 0.1) is 18.3 Å². The number of hydrogen-bond acceptors (Lipinski definition) is 3. The summed E-state index contributed by atoms with van der Waals surface area (Å²) >= 11 is 0. The third kappa shape index (κ3) is 4.18. The molecule has 0 spiro atoms. The minimum atomic E-state index is -0.0298. The molecule has 0 aromatic carbocycles. The van der Waals surface area contributed by atoms with Crippen LogP contribution in [0.5, 0.6) is 0 Å². The van der Waals surface area contributed by atoms with Crippen LogP contribution in [0.3, 0.4) is 0 Å². The fourth-order valence-corrected chi connectivity index (χ4v) is 2.55. The molecule has 4 atom stereocenters. The van der Waals surface area contributed by atoms with Crippen LogP contribution in [-0.4, -0.2) is 42.8 Å². The number of carbonyl (C=O) groups excluding carboxylic acids is 1. The molecule has 19 heavy (non-hydrogen) atoms. The van der Waals surface area contributed by atoms with Crippen molar-refractivity contribution in [1.82, 2.24) is 10.2 Å². The Morgan fingerprint density at radius 1 is 1.32 bits per heavy atom. The molecule has 0 saturated carbocycles. The second-order valence-corrected chi connectivity index (χ2v) is 6.21. The number of rotatable bonds is 7. The molecular weight excluding hydrogens is 240 g/mol. The van der Waals surface area contributed by atoms with Crippen LogP contribution in [0.15, 0.2) is 0 Å². The second-order valence-electron chi connectivity index (χ2n) is 6.21. The molecule has 1 aliphatic rings. The zero-order valence-corrected chi connectivity index (χ0v) is 13.3. The molecule has 4 unspecified atom stereocenters. The first-order valence-corrected chi connectivity index (χ1v) is 7.49. The van der Waals surface area contributed by atoms with Crippen molar-refractivity contribution in [2.24, 2.45) is 11.8 Å². The van der Waals surface area contributed by atoms with E-state index in [9.17, 15) is 4.79 Å². The molecule has 4 nitrogen and oxygen atoms in total. The largest absolute Gasteiger partial charge is 0.380 e. The van der Waals surface area contributed by atoms with Gasteiger partial charge in [-0.05, 0) is 25.2 Å². The number of carbonyl (C=O) groups is 1. The average Bonchev–Trinajstić information content (AvgIpc) is 2.65. The molecule has 1 saturated heterocycles. The fraction of sp³-hybridized carbons (Fsp3) is 0.933. The lowest BCUT2D eigenvalue weighted by molar-refractivity contribution is -0.132. The van der Waals surface area contributed by atoms with Gasteiger partial charge in [-0.25, -0.2) is 0 Å². The highest BCUT2D eigenvalue weighted by Gasteiger charge is 2.41. The predicted molar refractivity (Wildman–Crippen MR) is 77.8 cm³/mol. The van der Waals surface area contributed by atoms with E-state index in [4.69, 9.17) is 4.74 Å². The van der Waals surface area contributed by atoms with E-state index < -0.39 is 0 Å². The molecule has 0 aliphatic carbocycles. The highest BCUT2D eigenvalue weighted by Crippen LogP contribution is 2.23. The quantitative estimate of drug-likeness (QED) is 0.771. The predicted octanol–water partition coefficient (Wildman–Crippen LogP) is 2.24. The van der Waals surface area contributed by atoms with Gasteiger partial charge in [0.2, 0.25) is 5.91 Å². The normalized spacial score (nSPS) is 27.1. The van der Waals surface area contributed by atoms with Crippen LogP contribution in [0.4, 0.5) is 0 Å². The lowest BCUT2D eigenvalue weighted by Gasteiger charge is -2.27. The summed E-state index contributed by atoms with van der Waals surface area (Å²) in [6, 6.07) is -0.0298. The maximum atomic E-state index is 12.6. The third-order valence-electron chi connectivity index (χ3n) is 4.06. The fourth-order valence-electron chi connectivity index (χ4n) is 2.55. The van der Waals surface area contributed by atoms with Crippen LogP contribution in [0.25, 0.3) is 0 Å². The first-order valence-electron chi connectivity index (χ1n) is 7.49. The molecule has 0 aromatic rings. The summed E-state index contributed by atoms with van der Waals surface area (Å²) in [5, 5.41) is 3.52. The van der Waals surface area contributed by atoms with Crippen molar-refractivity contribution in [2.75, 3.05) is 13.7 Å². The van der Waals surface area contributed by atoms with Crippen molar-refractivity contribution in [3.63, 3.8) is 0 Å². The summed E-state index contributed by atoms with van der Waals surface area (Å²) in [5.74, 6) is 1.19. The lowest BCUT2D eigenvalue weighted by atomic mass is 9.99. The molecule has 1 amide bonds. The zero-order valence-electron chi connectivity index (χ0n) is 13.3. The standard InChI is InChI=1S/C15H30N2O2/c1-7-11(4)14-15(18)17(9-12(5)19-6)13(16-14)8-10(2)3/h10-14,16H,7-9H2,1-6H3. The number of nitrogens with one attached hydrogen (secondary N) is 1. The summed E-state index contributed by atoms with van der Waals surface area (Å²) < 4.78 is 5.31. The van der Waals surface area contributed by atoms with E-state index in [2.05, 4.69) is 33.0 Å². The molecule has 1 N–H and O–H groups in total. The van der Waals surface area contributed by atoms with Gasteiger partial charge < -0.3 is 9.64 Å². The van der Waals surface area contributed by atoms with E-state index in [0.717, 1.165) is 12.8 Å². The van der Waals surface area contributed by atoms with Gasteiger partial charge in [0, 0.05) is 13.7 Å². The van der Waals surface area contributed by atoms with Crippen molar-refractivity contribution in [2.45, 2.75) is 65.8 Å². The van der Waals surface area contributed by atoms with Gasteiger partial charge in [0.1, 0.15) is 0 Å². The molecule has 0 aromatic heterocycles. The molecule has 0 bridgehead atoms. The van der Waals surface area contributed by atoms with E-state index in [1.807, 2.05) is 11.8 Å². The van der Waals surface area contributed by atoms with Crippen molar-refractivity contribution in [3.8, 4) is 0 Å². The van der Waals surface area contributed by atoms with E-state index >= 15 is 0 Å². The molecule has 1 aliphatic heterocycles. The molecule has 1 heterocycles. The Kier molecular flexibility index (Phi) is 6.27. The van der Waals surface area contributed by atoms with E-state index in [1.165, 1.54) is 0 Å². The maximum absolute atomic E-state index is 12.6. The van der Waals surface area contributed by atoms with Crippen molar-refractivity contribution in [1.29, 1.82) is 0 Å². The second kappa shape index (κ2) is 7.25. The molecule has 1 fully saturated rings. The zero-order chi connectivity index (χ0) is 14.6. The van der Waals surface area contributed by atoms with Gasteiger partial charge in [-0.15, -0.1) is 0 Å². The summed E-state index contributed by atoms with van der Waals surface area (Å²) in [4.78, 5) is 14.5. The molecular formula is C15H30N2O2. The molecule has 4 heteroatoms. The summed E-state index contributed by atoms with van der Waals surface area (Å²) in [5.41, 5.74) is 0. The minimum absolute atomic E-state index is 0.0298. The Morgan fingerprint density at radius 3 is 2.42 bits per heavy atom. The first-order chi connectivity index (χ1) is 8.90. The van der Waals surface area contributed by atoms with Crippen molar-refractivity contribution >= 4 is 5.91 Å². The number of hydrogen-bond donors (Lipinski definition) is 1. The molecule has 0 radical (unpaired) electrons. The molecule has 1 rings (SSSR count). The van der Waals surface area contributed by atoms with Crippen molar-refractivity contribution in [3.05, 3.63) is 0 Å². The van der Waals surface area contributed by atoms with Crippen LogP contribution in [0, 0.1) is 11.8 Å². The SMILES string of the molecule is CCC(C)C1NC(CC(C)C)N(CC(C)OC)C1=O. The third-order valence-corrected chi connectivity index (χ3v) is 4.06. The minimum Gasteiger partial charge on any atom is -0.380 e.